The molecule has 0 fully saturated rings. The van der Waals surface area contributed by atoms with Gasteiger partial charge in [0, 0.05) is 6.42 Å². The number of carbonyl (C=O) groups is 1. The van der Waals surface area contributed by atoms with Crippen LogP contribution >= 0.6 is 0 Å². The molecule has 3 rings (SSSR count). The summed E-state index contributed by atoms with van der Waals surface area (Å²) >= 11 is 0. The number of benzene rings is 2. The molecule has 1 heterocycles. The van der Waals surface area contributed by atoms with Crippen LogP contribution in [0.2, 0.25) is 0 Å². The van der Waals surface area contributed by atoms with Gasteiger partial charge in [-0.2, -0.15) is 0 Å². The molecule has 1 aliphatic rings. The Hall–Kier alpha value is -2.49. The first kappa shape index (κ1) is 14.4. The maximum Gasteiger partial charge on any atom is 0.389 e. The van der Waals surface area contributed by atoms with Crippen molar-refractivity contribution in [2.75, 3.05) is 7.11 Å². The predicted molar refractivity (Wildman–Crippen MR) is 82.2 cm³/mol. The zero-order chi connectivity index (χ0) is 15.7. The van der Waals surface area contributed by atoms with Crippen LogP contribution in [0.3, 0.4) is 0 Å². The Morgan fingerprint density at radius 3 is 1.95 bits per heavy atom. The maximum absolute atomic E-state index is 11.9. The van der Waals surface area contributed by atoms with E-state index in [4.69, 9.17) is 14.2 Å². The first-order chi connectivity index (χ1) is 10.6. The first-order valence-corrected chi connectivity index (χ1v) is 7.17. The van der Waals surface area contributed by atoms with E-state index in [9.17, 15) is 4.79 Å². The molecule has 0 atom stereocenters. The van der Waals surface area contributed by atoms with Gasteiger partial charge in [-0.25, -0.2) is 4.79 Å². The van der Waals surface area contributed by atoms with Crippen molar-refractivity contribution < 1.29 is 19.0 Å². The molecule has 2 aromatic carbocycles. The van der Waals surface area contributed by atoms with Gasteiger partial charge in [0.2, 0.25) is 0 Å². The Balaban J connectivity index is 2.11. The van der Waals surface area contributed by atoms with Crippen molar-refractivity contribution >= 4 is 5.97 Å². The number of ether oxygens (including phenoxy) is 3. The number of aryl methyl sites for hydroxylation is 2. The van der Waals surface area contributed by atoms with Crippen molar-refractivity contribution in [3.05, 3.63) is 58.7 Å². The summed E-state index contributed by atoms with van der Waals surface area (Å²) in [7, 11) is 1.32. The second-order valence-electron chi connectivity index (χ2n) is 5.49. The Morgan fingerprint density at radius 2 is 1.50 bits per heavy atom. The van der Waals surface area contributed by atoms with Crippen LogP contribution < -0.4 is 9.47 Å². The van der Waals surface area contributed by atoms with Gasteiger partial charge in [0.1, 0.15) is 11.5 Å². The molecular weight excluding hydrogens is 280 g/mol. The van der Waals surface area contributed by atoms with Gasteiger partial charge in [0.15, 0.2) is 0 Å². The molecule has 114 valence electrons. The van der Waals surface area contributed by atoms with Crippen molar-refractivity contribution in [3.8, 4) is 11.5 Å². The molecule has 0 N–H and O–H groups in total. The summed E-state index contributed by atoms with van der Waals surface area (Å²) < 4.78 is 16.2. The van der Waals surface area contributed by atoms with E-state index in [1.165, 1.54) is 7.11 Å². The monoisotopic (exact) mass is 298 g/mol. The predicted octanol–water partition coefficient (Wildman–Crippen LogP) is 3.16. The van der Waals surface area contributed by atoms with Crippen LogP contribution in [0.1, 0.15) is 22.3 Å². The molecule has 0 bridgehead atoms. The zero-order valence-corrected chi connectivity index (χ0v) is 12.9. The summed E-state index contributed by atoms with van der Waals surface area (Å²) in [6, 6.07) is 11.8. The van der Waals surface area contributed by atoms with E-state index >= 15 is 0 Å². The normalized spacial score (nSPS) is 13.8. The number of carbonyl (C=O) groups excluding carboxylic acids is 1. The lowest BCUT2D eigenvalue weighted by Crippen LogP contribution is -2.35. The lowest BCUT2D eigenvalue weighted by molar-refractivity contribution is -0.162. The van der Waals surface area contributed by atoms with E-state index in [0.717, 1.165) is 22.3 Å². The third kappa shape index (κ3) is 2.77. The molecule has 0 aliphatic carbocycles. The molecular formula is C18H18O4. The fraction of sp³-hybridized carbons (Fsp3) is 0.278. The van der Waals surface area contributed by atoms with E-state index in [2.05, 4.69) is 12.1 Å². The molecule has 0 unspecified atom stereocenters. The smallest absolute Gasteiger partial charge is 0.389 e. The number of fused-ring (bicyclic) bond motifs is 2. The van der Waals surface area contributed by atoms with Crippen LogP contribution in [0.15, 0.2) is 36.4 Å². The number of hydrogen-bond donors (Lipinski definition) is 0. The van der Waals surface area contributed by atoms with Gasteiger partial charge in [-0.1, -0.05) is 35.4 Å². The minimum absolute atomic E-state index is 0.556. The standard InChI is InChI=1S/C18H18O4/c1-11-4-6-15-13(8-11)10-14-9-12(2)5-7-16(14)22-18(21-15)17(19)20-3/h4-9,18H,10H2,1-3H3. The van der Waals surface area contributed by atoms with Crippen molar-refractivity contribution in [1.29, 1.82) is 0 Å². The Morgan fingerprint density at radius 1 is 1.00 bits per heavy atom. The first-order valence-electron chi connectivity index (χ1n) is 7.17. The van der Waals surface area contributed by atoms with Crippen LogP contribution in [0.5, 0.6) is 11.5 Å². The van der Waals surface area contributed by atoms with E-state index < -0.39 is 12.3 Å². The fourth-order valence-electron chi connectivity index (χ4n) is 2.58. The minimum atomic E-state index is -1.10. The topological polar surface area (TPSA) is 44.8 Å². The van der Waals surface area contributed by atoms with Crippen molar-refractivity contribution in [3.63, 3.8) is 0 Å². The average molecular weight is 298 g/mol. The minimum Gasteiger partial charge on any atom is -0.463 e. The molecule has 4 nitrogen and oxygen atoms in total. The van der Waals surface area contributed by atoms with Crippen LogP contribution in [0, 0.1) is 13.8 Å². The summed E-state index contributed by atoms with van der Waals surface area (Å²) in [6.45, 7) is 4.06. The van der Waals surface area contributed by atoms with Crippen LogP contribution in [-0.2, 0) is 16.0 Å². The summed E-state index contributed by atoms with van der Waals surface area (Å²) in [6.07, 6.45) is -0.407. The van der Waals surface area contributed by atoms with Crippen LogP contribution in [0.25, 0.3) is 0 Å². The second kappa shape index (κ2) is 5.72. The van der Waals surface area contributed by atoms with Crippen LogP contribution in [-0.4, -0.2) is 19.4 Å². The van der Waals surface area contributed by atoms with Gasteiger partial charge in [-0.3, -0.25) is 0 Å². The molecule has 0 amide bonds. The van der Waals surface area contributed by atoms with Gasteiger partial charge in [-0.15, -0.1) is 0 Å². The van der Waals surface area contributed by atoms with E-state index in [-0.39, 0.29) is 0 Å². The molecule has 1 aliphatic heterocycles. The highest BCUT2D eigenvalue weighted by molar-refractivity contribution is 5.74. The van der Waals surface area contributed by atoms with Gasteiger partial charge >= 0.3 is 12.3 Å². The van der Waals surface area contributed by atoms with Crippen molar-refractivity contribution in [1.82, 2.24) is 0 Å². The molecule has 2 aromatic rings. The SMILES string of the molecule is COC(=O)C1Oc2ccc(C)cc2Cc2cc(C)ccc2O1. The number of hydrogen-bond acceptors (Lipinski definition) is 4. The van der Waals surface area contributed by atoms with Gasteiger partial charge in [-0.05, 0) is 37.1 Å². The molecule has 0 radical (unpaired) electrons. The molecule has 22 heavy (non-hydrogen) atoms. The van der Waals surface area contributed by atoms with E-state index in [0.29, 0.717) is 17.9 Å². The van der Waals surface area contributed by atoms with Crippen molar-refractivity contribution in [2.24, 2.45) is 0 Å². The largest absolute Gasteiger partial charge is 0.463 e. The third-order valence-electron chi connectivity index (χ3n) is 3.67. The number of methoxy groups -OCH3 is 1. The fourth-order valence-corrected chi connectivity index (χ4v) is 2.58. The highest BCUT2D eigenvalue weighted by Crippen LogP contribution is 2.32. The van der Waals surface area contributed by atoms with Crippen molar-refractivity contribution in [2.45, 2.75) is 26.6 Å². The molecule has 0 saturated carbocycles. The quantitative estimate of drug-likeness (QED) is 0.759. The highest BCUT2D eigenvalue weighted by Gasteiger charge is 2.28. The maximum atomic E-state index is 11.9. The number of rotatable bonds is 1. The third-order valence-corrected chi connectivity index (χ3v) is 3.67. The Bertz CT molecular complexity index is 668. The summed E-state index contributed by atoms with van der Waals surface area (Å²) in [5.41, 5.74) is 4.36. The molecule has 0 saturated heterocycles. The van der Waals surface area contributed by atoms with Gasteiger partial charge in [0.25, 0.3) is 0 Å². The molecule has 0 spiro atoms. The highest BCUT2D eigenvalue weighted by atomic mass is 16.7. The Labute approximate surface area is 129 Å². The second-order valence-corrected chi connectivity index (χ2v) is 5.49. The lowest BCUT2D eigenvalue weighted by atomic mass is 9.99. The summed E-state index contributed by atoms with van der Waals surface area (Å²) in [5.74, 6) is 0.737. The number of esters is 1. The van der Waals surface area contributed by atoms with E-state index in [1.807, 2.05) is 38.1 Å². The molecule has 4 heteroatoms. The molecule has 0 aromatic heterocycles. The Kier molecular flexibility index (Phi) is 3.75. The van der Waals surface area contributed by atoms with Crippen LogP contribution in [0.4, 0.5) is 0 Å². The van der Waals surface area contributed by atoms with Gasteiger partial charge in [0.05, 0.1) is 7.11 Å². The average Bonchev–Trinajstić information content (AvgIpc) is 2.48. The van der Waals surface area contributed by atoms with Gasteiger partial charge < -0.3 is 14.2 Å². The summed E-state index contributed by atoms with van der Waals surface area (Å²) in [4.78, 5) is 11.9. The lowest BCUT2D eigenvalue weighted by Gasteiger charge is -2.25. The zero-order valence-electron chi connectivity index (χ0n) is 12.9. The summed E-state index contributed by atoms with van der Waals surface area (Å²) in [5, 5.41) is 0. The van der Waals surface area contributed by atoms with E-state index in [1.54, 1.807) is 0 Å².